The summed E-state index contributed by atoms with van der Waals surface area (Å²) in [5.41, 5.74) is 9.37. The monoisotopic (exact) mass is 331 g/mol. The van der Waals surface area contributed by atoms with Crippen molar-refractivity contribution in [3.8, 4) is 0 Å². The minimum absolute atomic E-state index is 0.319. The van der Waals surface area contributed by atoms with E-state index in [9.17, 15) is 4.79 Å². The highest BCUT2D eigenvalue weighted by Crippen LogP contribution is 2.35. The van der Waals surface area contributed by atoms with E-state index in [-0.39, 0.29) is 5.97 Å². The molecule has 0 fully saturated rings. The van der Waals surface area contributed by atoms with Crippen molar-refractivity contribution in [2.75, 3.05) is 12.3 Å². The lowest BCUT2D eigenvalue weighted by Crippen LogP contribution is -2.23. The quantitative estimate of drug-likeness (QED) is 0.691. The van der Waals surface area contributed by atoms with E-state index in [1.165, 1.54) is 11.1 Å². The highest BCUT2D eigenvalue weighted by atomic mass is 79.9. The molecule has 4 heteroatoms. The maximum absolute atomic E-state index is 12.0. The Balaban J connectivity index is 1.64. The van der Waals surface area contributed by atoms with Crippen molar-refractivity contribution in [3.05, 3.63) is 63.6 Å². The van der Waals surface area contributed by atoms with Gasteiger partial charge in [0, 0.05) is 16.1 Å². The largest absolute Gasteiger partial charge is 0.461 e. The van der Waals surface area contributed by atoms with Gasteiger partial charge >= 0.3 is 5.97 Å². The van der Waals surface area contributed by atoms with E-state index in [4.69, 9.17) is 10.5 Å². The fourth-order valence-corrected chi connectivity index (χ4v) is 3.01. The number of halogens is 1. The average molecular weight is 332 g/mol. The number of rotatable bonds is 3. The zero-order valence-corrected chi connectivity index (χ0v) is 12.4. The predicted octanol–water partition coefficient (Wildman–Crippen LogP) is 3.53. The average Bonchev–Trinajstić information content (AvgIpc) is 2.38. The van der Waals surface area contributed by atoms with Crippen molar-refractivity contribution < 1.29 is 9.53 Å². The van der Waals surface area contributed by atoms with Gasteiger partial charge in [-0.05, 0) is 35.7 Å². The maximum Gasteiger partial charge on any atom is 0.338 e. The summed E-state index contributed by atoms with van der Waals surface area (Å²) < 4.78 is 6.16. The smallest absolute Gasteiger partial charge is 0.338 e. The molecule has 1 aliphatic rings. The normalized spacial score (nSPS) is 16.1. The van der Waals surface area contributed by atoms with E-state index >= 15 is 0 Å². The maximum atomic E-state index is 12.0. The number of benzene rings is 2. The lowest BCUT2D eigenvalue weighted by Gasteiger charge is -2.29. The molecular formula is C16H14BrNO2. The van der Waals surface area contributed by atoms with Gasteiger partial charge < -0.3 is 10.5 Å². The standard InChI is InChI=1S/C16H14BrNO2/c17-13-6-11(7-14(18)8-13)16(19)20-9-12-5-10-3-1-2-4-15(10)12/h1-4,6-8,12H,5,9,18H2. The second-order valence-corrected chi connectivity index (χ2v) is 5.89. The predicted molar refractivity (Wildman–Crippen MR) is 81.7 cm³/mol. The topological polar surface area (TPSA) is 52.3 Å². The lowest BCUT2D eigenvalue weighted by atomic mass is 9.78. The molecule has 0 saturated carbocycles. The molecule has 20 heavy (non-hydrogen) atoms. The molecule has 3 nitrogen and oxygen atoms in total. The van der Waals surface area contributed by atoms with Crippen LogP contribution in [0, 0.1) is 0 Å². The van der Waals surface area contributed by atoms with Crippen LogP contribution in [0.1, 0.15) is 27.4 Å². The second kappa shape index (κ2) is 5.29. The molecule has 2 N–H and O–H groups in total. The number of fused-ring (bicyclic) bond motifs is 1. The molecule has 0 spiro atoms. The third-order valence-corrected chi connectivity index (χ3v) is 3.99. The molecule has 3 rings (SSSR count). The molecule has 2 aromatic carbocycles. The van der Waals surface area contributed by atoms with E-state index in [0.29, 0.717) is 23.8 Å². The van der Waals surface area contributed by atoms with E-state index < -0.39 is 0 Å². The van der Waals surface area contributed by atoms with Gasteiger partial charge in [-0.1, -0.05) is 40.2 Å². The van der Waals surface area contributed by atoms with Crippen LogP contribution >= 0.6 is 15.9 Å². The first-order valence-corrected chi connectivity index (χ1v) is 7.24. The molecule has 0 aromatic heterocycles. The Hall–Kier alpha value is -1.81. The molecule has 0 aliphatic heterocycles. The highest BCUT2D eigenvalue weighted by molar-refractivity contribution is 9.10. The van der Waals surface area contributed by atoms with Crippen LogP contribution in [-0.4, -0.2) is 12.6 Å². The van der Waals surface area contributed by atoms with E-state index in [1.54, 1.807) is 18.2 Å². The van der Waals surface area contributed by atoms with Crippen molar-refractivity contribution in [1.82, 2.24) is 0 Å². The number of nitrogens with two attached hydrogens (primary N) is 1. The van der Waals surface area contributed by atoms with E-state index in [1.807, 2.05) is 12.1 Å². The van der Waals surface area contributed by atoms with E-state index in [0.717, 1.165) is 10.9 Å². The van der Waals surface area contributed by atoms with Crippen molar-refractivity contribution in [2.45, 2.75) is 12.3 Å². The minimum atomic E-state index is -0.331. The third-order valence-electron chi connectivity index (χ3n) is 3.53. The second-order valence-electron chi connectivity index (χ2n) is 4.97. The van der Waals surface area contributed by atoms with Crippen molar-refractivity contribution in [3.63, 3.8) is 0 Å². The summed E-state index contributed by atoms with van der Waals surface area (Å²) in [5, 5.41) is 0. The van der Waals surface area contributed by atoms with Gasteiger partial charge in [0.15, 0.2) is 0 Å². The Morgan fingerprint density at radius 2 is 2.10 bits per heavy atom. The van der Waals surface area contributed by atoms with Crippen LogP contribution < -0.4 is 5.73 Å². The molecular weight excluding hydrogens is 318 g/mol. The molecule has 0 radical (unpaired) electrons. The molecule has 0 amide bonds. The van der Waals surface area contributed by atoms with Gasteiger partial charge in [0.05, 0.1) is 12.2 Å². The molecule has 1 unspecified atom stereocenters. The summed E-state index contributed by atoms with van der Waals surface area (Å²) in [4.78, 5) is 12.0. The summed E-state index contributed by atoms with van der Waals surface area (Å²) in [5.74, 6) is -0.0120. The van der Waals surface area contributed by atoms with Crippen LogP contribution in [0.3, 0.4) is 0 Å². The number of esters is 1. The molecule has 0 heterocycles. The summed E-state index contributed by atoms with van der Waals surface area (Å²) >= 11 is 3.32. The zero-order valence-electron chi connectivity index (χ0n) is 10.8. The summed E-state index contributed by atoms with van der Waals surface area (Å²) in [7, 11) is 0. The van der Waals surface area contributed by atoms with Crippen molar-refractivity contribution in [1.29, 1.82) is 0 Å². The molecule has 0 bridgehead atoms. The summed E-state index contributed by atoms with van der Waals surface area (Å²) in [6.07, 6.45) is 0.976. The third kappa shape index (κ3) is 2.56. The van der Waals surface area contributed by atoms with Crippen LogP contribution in [0.5, 0.6) is 0 Å². The van der Waals surface area contributed by atoms with Crippen LogP contribution in [0.25, 0.3) is 0 Å². The summed E-state index contributed by atoms with van der Waals surface area (Å²) in [6, 6.07) is 13.3. The zero-order chi connectivity index (χ0) is 14.1. The Kier molecular flexibility index (Phi) is 3.49. The van der Waals surface area contributed by atoms with Gasteiger partial charge in [0.25, 0.3) is 0 Å². The van der Waals surface area contributed by atoms with Crippen LogP contribution in [0.2, 0.25) is 0 Å². The summed E-state index contributed by atoms with van der Waals surface area (Å²) in [6.45, 7) is 0.419. The van der Waals surface area contributed by atoms with Gasteiger partial charge in [0.1, 0.15) is 0 Å². The van der Waals surface area contributed by atoms with Crippen molar-refractivity contribution in [2.24, 2.45) is 0 Å². The number of anilines is 1. The molecule has 1 atom stereocenters. The number of carbonyl (C=O) groups is 1. The van der Waals surface area contributed by atoms with Gasteiger partial charge in [-0.3, -0.25) is 0 Å². The first kappa shape index (κ1) is 13.2. The Morgan fingerprint density at radius 3 is 2.85 bits per heavy atom. The number of ether oxygens (including phenoxy) is 1. The molecule has 0 saturated heterocycles. The first-order chi connectivity index (χ1) is 9.63. The number of hydrogen-bond acceptors (Lipinski definition) is 3. The van der Waals surface area contributed by atoms with Crippen LogP contribution in [0.15, 0.2) is 46.9 Å². The Morgan fingerprint density at radius 1 is 1.30 bits per heavy atom. The minimum Gasteiger partial charge on any atom is -0.461 e. The first-order valence-electron chi connectivity index (χ1n) is 6.44. The lowest BCUT2D eigenvalue weighted by molar-refractivity contribution is 0.0469. The number of nitrogen functional groups attached to an aromatic ring is 1. The van der Waals surface area contributed by atoms with Crippen molar-refractivity contribution >= 4 is 27.6 Å². The van der Waals surface area contributed by atoms with E-state index in [2.05, 4.69) is 28.1 Å². The fraction of sp³-hybridized carbons (Fsp3) is 0.188. The molecule has 1 aliphatic carbocycles. The number of carbonyl (C=O) groups excluding carboxylic acids is 1. The van der Waals surface area contributed by atoms with Gasteiger partial charge in [0.2, 0.25) is 0 Å². The molecule has 2 aromatic rings. The SMILES string of the molecule is Nc1cc(Br)cc(C(=O)OCC2Cc3ccccc32)c1. The number of hydrogen-bond donors (Lipinski definition) is 1. The van der Waals surface area contributed by atoms with Crippen LogP contribution in [-0.2, 0) is 11.2 Å². The van der Waals surface area contributed by atoms with Gasteiger partial charge in [-0.2, -0.15) is 0 Å². The fourth-order valence-electron chi connectivity index (χ4n) is 2.50. The molecule has 102 valence electrons. The highest BCUT2D eigenvalue weighted by Gasteiger charge is 2.26. The van der Waals surface area contributed by atoms with Gasteiger partial charge in [-0.25, -0.2) is 4.79 Å². The van der Waals surface area contributed by atoms with Crippen LogP contribution in [0.4, 0.5) is 5.69 Å². The van der Waals surface area contributed by atoms with Gasteiger partial charge in [-0.15, -0.1) is 0 Å². The Labute approximate surface area is 125 Å². The Bertz CT molecular complexity index is 649.